The number of para-hydroxylation sites is 1. The number of anilines is 1. The fourth-order valence-electron chi connectivity index (χ4n) is 3.90. The summed E-state index contributed by atoms with van der Waals surface area (Å²) >= 11 is 0. The second kappa shape index (κ2) is 5.99. The van der Waals surface area contributed by atoms with Crippen LogP contribution in [0.5, 0.6) is 0 Å². The van der Waals surface area contributed by atoms with Gasteiger partial charge < -0.3 is 14.4 Å². The highest BCUT2D eigenvalue weighted by atomic mass is 16.5. The fraction of sp³-hybridized carbons (Fsp3) is 0.588. The summed E-state index contributed by atoms with van der Waals surface area (Å²) in [5.41, 5.74) is 0.986. The molecule has 1 aromatic carbocycles. The molecule has 5 heteroatoms. The van der Waals surface area contributed by atoms with Gasteiger partial charge in [-0.3, -0.25) is 9.69 Å². The number of morpholine rings is 1. The number of rotatable bonds is 2. The largest absolute Gasteiger partial charge is 0.381 e. The van der Waals surface area contributed by atoms with Gasteiger partial charge in [0.2, 0.25) is 0 Å². The van der Waals surface area contributed by atoms with Crippen LogP contribution in [0.3, 0.4) is 0 Å². The molecule has 5 nitrogen and oxygen atoms in total. The molecule has 0 saturated carbocycles. The number of hydrogen-bond acceptors (Lipinski definition) is 4. The first-order chi connectivity index (χ1) is 10.8. The van der Waals surface area contributed by atoms with E-state index < -0.39 is 0 Å². The number of amides is 1. The zero-order valence-corrected chi connectivity index (χ0v) is 12.7. The van der Waals surface area contributed by atoms with E-state index in [-0.39, 0.29) is 24.7 Å². The van der Waals surface area contributed by atoms with E-state index in [0.29, 0.717) is 6.04 Å². The van der Waals surface area contributed by atoms with E-state index in [2.05, 4.69) is 4.90 Å². The van der Waals surface area contributed by atoms with E-state index in [0.717, 1.165) is 44.8 Å². The van der Waals surface area contributed by atoms with Crippen LogP contribution in [0, 0.1) is 0 Å². The van der Waals surface area contributed by atoms with E-state index in [1.165, 1.54) is 0 Å². The first-order valence-corrected chi connectivity index (χ1v) is 8.13. The van der Waals surface area contributed by atoms with E-state index in [1.54, 1.807) is 0 Å². The van der Waals surface area contributed by atoms with Gasteiger partial charge in [-0.15, -0.1) is 0 Å². The van der Waals surface area contributed by atoms with Crippen LogP contribution in [0.2, 0.25) is 0 Å². The lowest BCUT2D eigenvalue weighted by atomic mass is 10.1. The summed E-state index contributed by atoms with van der Waals surface area (Å²) in [6.07, 6.45) is 2.29. The maximum absolute atomic E-state index is 12.4. The zero-order valence-electron chi connectivity index (χ0n) is 12.7. The highest BCUT2D eigenvalue weighted by Crippen LogP contribution is 2.31. The summed E-state index contributed by atoms with van der Waals surface area (Å²) in [6.45, 7) is 3.71. The number of likely N-dealkylation sites (tertiary alicyclic amines) is 1. The van der Waals surface area contributed by atoms with Crippen LogP contribution < -0.4 is 4.90 Å². The molecule has 3 aliphatic heterocycles. The highest BCUT2D eigenvalue weighted by molar-refractivity contribution is 5.95. The maximum Gasteiger partial charge on any atom is 0.253 e. The highest BCUT2D eigenvalue weighted by Gasteiger charge is 2.45. The zero-order chi connectivity index (χ0) is 14.9. The summed E-state index contributed by atoms with van der Waals surface area (Å²) < 4.78 is 11.3. The Balaban J connectivity index is 1.54. The number of hydrogen-bond donors (Lipinski definition) is 0. The molecule has 0 unspecified atom stereocenters. The minimum absolute atomic E-state index is 0.0706. The number of ether oxygens (including phenoxy) is 2. The maximum atomic E-state index is 12.4. The minimum atomic E-state index is 0.0706. The summed E-state index contributed by atoms with van der Waals surface area (Å²) in [7, 11) is 0. The van der Waals surface area contributed by atoms with Crippen molar-refractivity contribution in [1.82, 2.24) is 4.90 Å². The Morgan fingerprint density at radius 2 is 1.82 bits per heavy atom. The van der Waals surface area contributed by atoms with Crippen molar-refractivity contribution >= 4 is 11.6 Å². The normalized spacial score (nSPS) is 30.5. The average Bonchev–Trinajstić information content (AvgIpc) is 3.00. The lowest BCUT2D eigenvalue weighted by Crippen LogP contribution is -2.54. The van der Waals surface area contributed by atoms with E-state index in [1.807, 2.05) is 35.2 Å². The van der Waals surface area contributed by atoms with Crippen molar-refractivity contribution in [3.63, 3.8) is 0 Å². The molecule has 3 aliphatic rings. The molecule has 0 spiro atoms. The van der Waals surface area contributed by atoms with Gasteiger partial charge in [0.15, 0.2) is 0 Å². The van der Waals surface area contributed by atoms with E-state index in [9.17, 15) is 4.79 Å². The molecule has 3 saturated heterocycles. The molecule has 0 bridgehead atoms. The Morgan fingerprint density at radius 3 is 2.59 bits per heavy atom. The summed E-state index contributed by atoms with van der Waals surface area (Å²) in [5.74, 6) is 0.0706. The number of carbonyl (C=O) groups excluding carboxylic acids is 1. The van der Waals surface area contributed by atoms with Gasteiger partial charge in [0.25, 0.3) is 5.91 Å². The van der Waals surface area contributed by atoms with Crippen LogP contribution in [0.1, 0.15) is 12.8 Å². The lowest BCUT2D eigenvalue weighted by Gasteiger charge is -2.36. The first-order valence-electron chi connectivity index (χ1n) is 8.13. The van der Waals surface area contributed by atoms with Gasteiger partial charge in [-0.1, -0.05) is 18.2 Å². The molecule has 0 radical (unpaired) electrons. The summed E-state index contributed by atoms with van der Waals surface area (Å²) in [6, 6.07) is 10.7. The van der Waals surface area contributed by atoms with Crippen molar-refractivity contribution in [1.29, 1.82) is 0 Å². The third-order valence-corrected chi connectivity index (χ3v) is 5.03. The molecular formula is C17H22N2O3. The van der Waals surface area contributed by atoms with Gasteiger partial charge >= 0.3 is 0 Å². The Kier molecular flexibility index (Phi) is 3.86. The second-order valence-electron chi connectivity index (χ2n) is 6.31. The Bertz CT molecular complexity index is 530. The topological polar surface area (TPSA) is 42.0 Å². The minimum Gasteiger partial charge on any atom is -0.381 e. The molecule has 3 heterocycles. The molecule has 118 valence electrons. The molecule has 0 aliphatic carbocycles. The third kappa shape index (κ3) is 2.53. The monoisotopic (exact) mass is 302 g/mol. The molecule has 22 heavy (non-hydrogen) atoms. The van der Waals surface area contributed by atoms with Crippen LogP contribution in [-0.2, 0) is 14.3 Å². The number of carbonyl (C=O) groups is 1. The number of benzene rings is 1. The predicted octanol–water partition coefficient (Wildman–Crippen LogP) is 1.28. The van der Waals surface area contributed by atoms with E-state index >= 15 is 0 Å². The summed E-state index contributed by atoms with van der Waals surface area (Å²) in [4.78, 5) is 16.8. The predicted molar refractivity (Wildman–Crippen MR) is 82.9 cm³/mol. The van der Waals surface area contributed by atoms with Crippen LogP contribution in [0.15, 0.2) is 30.3 Å². The van der Waals surface area contributed by atoms with Crippen molar-refractivity contribution in [2.45, 2.75) is 31.0 Å². The lowest BCUT2D eigenvalue weighted by molar-refractivity contribution is -0.130. The number of fused-ring (bicyclic) bond motifs is 1. The smallest absolute Gasteiger partial charge is 0.253 e. The summed E-state index contributed by atoms with van der Waals surface area (Å²) in [5, 5.41) is 0. The van der Waals surface area contributed by atoms with Gasteiger partial charge in [0.05, 0.1) is 12.1 Å². The SMILES string of the molecule is O=C1CO[C@H]2CN(C3CCOCC3)C[C@H]2N1c1ccccc1. The van der Waals surface area contributed by atoms with Crippen molar-refractivity contribution in [3.05, 3.63) is 30.3 Å². The molecule has 1 amide bonds. The standard InChI is InChI=1S/C17H22N2O3/c20-17-12-22-16-11-18(13-6-8-21-9-7-13)10-15(16)19(17)14-4-2-1-3-5-14/h1-5,13,15-16H,6-12H2/t15-,16+/m1/s1. The van der Waals surface area contributed by atoms with Gasteiger partial charge in [0, 0.05) is 38.0 Å². The molecular weight excluding hydrogens is 280 g/mol. The van der Waals surface area contributed by atoms with Gasteiger partial charge in [-0.25, -0.2) is 0 Å². The molecule has 4 rings (SSSR count). The molecule has 0 aromatic heterocycles. The van der Waals surface area contributed by atoms with Crippen LogP contribution >= 0.6 is 0 Å². The third-order valence-electron chi connectivity index (χ3n) is 5.03. The Hall–Kier alpha value is -1.43. The van der Waals surface area contributed by atoms with Gasteiger partial charge in [0.1, 0.15) is 6.61 Å². The van der Waals surface area contributed by atoms with Crippen LogP contribution in [0.25, 0.3) is 0 Å². The van der Waals surface area contributed by atoms with Crippen LogP contribution in [0.4, 0.5) is 5.69 Å². The van der Waals surface area contributed by atoms with E-state index in [4.69, 9.17) is 9.47 Å². The average molecular weight is 302 g/mol. The molecule has 3 fully saturated rings. The fourth-order valence-corrected chi connectivity index (χ4v) is 3.90. The van der Waals surface area contributed by atoms with Crippen molar-refractivity contribution in [3.8, 4) is 0 Å². The van der Waals surface area contributed by atoms with Crippen LogP contribution in [-0.4, -0.2) is 61.9 Å². The quantitative estimate of drug-likeness (QED) is 0.825. The van der Waals surface area contributed by atoms with Crippen molar-refractivity contribution in [2.75, 3.05) is 37.8 Å². The van der Waals surface area contributed by atoms with Gasteiger partial charge in [-0.05, 0) is 25.0 Å². The number of nitrogens with zero attached hydrogens (tertiary/aromatic N) is 2. The Labute approximate surface area is 130 Å². The van der Waals surface area contributed by atoms with Crippen molar-refractivity contribution in [2.24, 2.45) is 0 Å². The molecule has 2 atom stereocenters. The second-order valence-corrected chi connectivity index (χ2v) is 6.31. The van der Waals surface area contributed by atoms with Gasteiger partial charge in [-0.2, -0.15) is 0 Å². The Morgan fingerprint density at radius 1 is 1.05 bits per heavy atom. The molecule has 1 aromatic rings. The molecule has 0 N–H and O–H groups in total. The first kappa shape index (κ1) is 14.2. The van der Waals surface area contributed by atoms with Crippen molar-refractivity contribution < 1.29 is 14.3 Å².